The molecule has 1 aromatic carbocycles. The summed E-state index contributed by atoms with van der Waals surface area (Å²) >= 11 is 3.10. The van der Waals surface area contributed by atoms with Crippen molar-refractivity contribution >= 4 is 27.3 Å². The van der Waals surface area contributed by atoms with Gasteiger partial charge < -0.3 is 10.2 Å². The molecule has 2 rings (SSSR count). The van der Waals surface area contributed by atoms with E-state index in [1.54, 1.807) is 0 Å². The predicted octanol–water partition coefficient (Wildman–Crippen LogP) is 3.07. The van der Waals surface area contributed by atoms with Crippen molar-refractivity contribution in [3.63, 3.8) is 0 Å². The summed E-state index contributed by atoms with van der Waals surface area (Å²) in [5.74, 6) is -0.615. The van der Waals surface area contributed by atoms with Gasteiger partial charge in [-0.1, -0.05) is 0 Å². The molecule has 0 aliphatic carbocycles. The van der Waals surface area contributed by atoms with E-state index in [1.807, 2.05) is 11.8 Å². The third kappa shape index (κ3) is 3.27. The monoisotopic (exact) mass is 345 g/mol. The van der Waals surface area contributed by atoms with Gasteiger partial charge in [0.1, 0.15) is 11.5 Å². The Morgan fingerprint density at radius 2 is 2.35 bits per heavy atom. The van der Waals surface area contributed by atoms with Crippen LogP contribution in [0.4, 0.5) is 15.8 Å². The number of nitro benzene ring substituents is 1. The number of likely N-dealkylation sites (N-methyl/N-ethyl adjacent to an activating group) is 1. The van der Waals surface area contributed by atoms with Crippen molar-refractivity contribution in [1.82, 2.24) is 5.32 Å². The molecule has 1 aliphatic rings. The Morgan fingerprint density at radius 1 is 1.60 bits per heavy atom. The quantitative estimate of drug-likeness (QED) is 0.658. The fourth-order valence-electron chi connectivity index (χ4n) is 2.50. The van der Waals surface area contributed by atoms with Crippen molar-refractivity contribution < 1.29 is 9.31 Å². The summed E-state index contributed by atoms with van der Waals surface area (Å²) in [6.45, 7) is 4.25. The van der Waals surface area contributed by atoms with Gasteiger partial charge >= 0.3 is 0 Å². The molecular weight excluding hydrogens is 329 g/mol. The zero-order valence-corrected chi connectivity index (χ0v) is 12.8. The van der Waals surface area contributed by atoms with Gasteiger partial charge in [0.25, 0.3) is 5.69 Å². The van der Waals surface area contributed by atoms with Gasteiger partial charge in [0, 0.05) is 19.1 Å². The van der Waals surface area contributed by atoms with Crippen LogP contribution < -0.4 is 10.2 Å². The third-order valence-electron chi connectivity index (χ3n) is 3.54. The molecule has 7 heteroatoms. The zero-order chi connectivity index (χ0) is 14.7. The molecule has 1 heterocycles. The molecule has 20 heavy (non-hydrogen) atoms. The molecule has 1 aromatic rings. The largest absolute Gasteiger partial charge is 0.365 e. The topological polar surface area (TPSA) is 58.4 Å². The fourth-order valence-corrected chi connectivity index (χ4v) is 2.83. The van der Waals surface area contributed by atoms with Gasteiger partial charge in [-0.3, -0.25) is 10.1 Å². The summed E-state index contributed by atoms with van der Waals surface area (Å²) in [5, 5.41) is 14.5. The molecule has 0 amide bonds. The highest BCUT2D eigenvalue weighted by atomic mass is 79.9. The highest BCUT2D eigenvalue weighted by Gasteiger charge is 2.24. The first-order valence-electron chi connectivity index (χ1n) is 6.64. The maximum atomic E-state index is 13.5. The third-order valence-corrected chi connectivity index (χ3v) is 4.15. The number of hydrogen-bond donors (Lipinski definition) is 1. The first-order valence-corrected chi connectivity index (χ1v) is 7.44. The lowest BCUT2D eigenvalue weighted by Crippen LogP contribution is -2.37. The standard InChI is InChI=1S/C13H17BrFN3O2/c1-2-17(8-9-4-3-5-16-9)12-6-10(14)11(15)7-13(12)18(19)20/h6-7,9,16H,2-5,8H2,1H3. The van der Waals surface area contributed by atoms with Crippen LogP contribution in [-0.4, -0.2) is 30.6 Å². The first kappa shape index (κ1) is 15.2. The Kier molecular flexibility index (Phi) is 4.93. The molecule has 0 spiro atoms. The average Bonchev–Trinajstić information content (AvgIpc) is 2.91. The van der Waals surface area contributed by atoms with Crippen molar-refractivity contribution in [3.05, 3.63) is 32.5 Å². The summed E-state index contributed by atoms with van der Waals surface area (Å²) in [6, 6.07) is 2.80. The van der Waals surface area contributed by atoms with Crippen LogP contribution in [0.3, 0.4) is 0 Å². The van der Waals surface area contributed by atoms with Crippen LogP contribution in [0.25, 0.3) is 0 Å². The van der Waals surface area contributed by atoms with Crippen molar-refractivity contribution in [2.75, 3.05) is 24.5 Å². The van der Waals surface area contributed by atoms with Crippen LogP contribution in [-0.2, 0) is 0 Å². The lowest BCUT2D eigenvalue weighted by atomic mass is 10.2. The Balaban J connectivity index is 2.31. The van der Waals surface area contributed by atoms with E-state index >= 15 is 0 Å². The Hall–Kier alpha value is -1.21. The van der Waals surface area contributed by atoms with Crippen molar-refractivity contribution in [2.24, 2.45) is 0 Å². The van der Waals surface area contributed by atoms with Gasteiger partial charge in [-0.25, -0.2) is 4.39 Å². The lowest BCUT2D eigenvalue weighted by molar-refractivity contribution is -0.384. The van der Waals surface area contributed by atoms with Crippen LogP contribution >= 0.6 is 15.9 Å². The molecular formula is C13H17BrFN3O2. The number of benzene rings is 1. The van der Waals surface area contributed by atoms with E-state index in [4.69, 9.17) is 0 Å². The number of hydrogen-bond acceptors (Lipinski definition) is 4. The number of nitrogens with zero attached hydrogens (tertiary/aromatic N) is 2. The molecule has 5 nitrogen and oxygen atoms in total. The van der Waals surface area contributed by atoms with Crippen molar-refractivity contribution in [3.8, 4) is 0 Å². The second-order valence-electron chi connectivity index (χ2n) is 4.84. The van der Waals surface area contributed by atoms with Gasteiger partial charge in [-0.05, 0) is 48.3 Å². The summed E-state index contributed by atoms with van der Waals surface area (Å²) in [6.07, 6.45) is 2.18. The van der Waals surface area contributed by atoms with E-state index in [2.05, 4.69) is 21.2 Å². The van der Waals surface area contributed by atoms with Crippen molar-refractivity contribution in [1.29, 1.82) is 0 Å². The number of rotatable bonds is 5. The van der Waals surface area contributed by atoms with E-state index in [0.717, 1.165) is 25.5 Å². The molecule has 0 aromatic heterocycles. The SMILES string of the molecule is CCN(CC1CCCN1)c1cc(Br)c(F)cc1[N+](=O)[O-]. The van der Waals surface area contributed by atoms with Gasteiger partial charge in [0.2, 0.25) is 0 Å². The number of nitro groups is 1. The van der Waals surface area contributed by atoms with E-state index in [0.29, 0.717) is 24.8 Å². The molecule has 1 saturated heterocycles. The minimum absolute atomic E-state index is 0.189. The maximum Gasteiger partial charge on any atom is 0.295 e. The predicted molar refractivity (Wildman–Crippen MR) is 79.7 cm³/mol. The minimum atomic E-state index is -0.615. The van der Waals surface area contributed by atoms with Crippen LogP contribution in [0.1, 0.15) is 19.8 Å². The van der Waals surface area contributed by atoms with Crippen LogP contribution in [0.2, 0.25) is 0 Å². The molecule has 110 valence electrons. The Bertz CT molecular complexity index is 507. The summed E-state index contributed by atoms with van der Waals surface area (Å²) < 4.78 is 13.8. The molecule has 1 atom stereocenters. The van der Waals surface area contributed by atoms with E-state index in [9.17, 15) is 14.5 Å². The summed E-state index contributed by atoms with van der Waals surface area (Å²) in [4.78, 5) is 12.5. The minimum Gasteiger partial charge on any atom is -0.365 e. The second kappa shape index (κ2) is 6.49. The molecule has 1 N–H and O–H groups in total. The molecule has 1 unspecified atom stereocenters. The second-order valence-corrected chi connectivity index (χ2v) is 5.70. The molecule has 1 aliphatic heterocycles. The Labute approximate surface area is 125 Å². The van der Waals surface area contributed by atoms with Crippen LogP contribution in [0.15, 0.2) is 16.6 Å². The van der Waals surface area contributed by atoms with E-state index in [1.165, 1.54) is 6.07 Å². The average molecular weight is 346 g/mol. The van der Waals surface area contributed by atoms with Gasteiger partial charge in [0.05, 0.1) is 15.5 Å². The Morgan fingerprint density at radius 3 is 2.90 bits per heavy atom. The van der Waals surface area contributed by atoms with E-state index < -0.39 is 10.7 Å². The normalized spacial score (nSPS) is 18.2. The summed E-state index contributed by atoms with van der Waals surface area (Å²) in [7, 11) is 0. The van der Waals surface area contributed by atoms with Crippen LogP contribution in [0, 0.1) is 15.9 Å². The van der Waals surface area contributed by atoms with Gasteiger partial charge in [-0.2, -0.15) is 0 Å². The maximum absolute atomic E-state index is 13.5. The first-order chi connectivity index (χ1) is 9.52. The number of anilines is 1. The molecule has 1 fully saturated rings. The number of halogens is 2. The highest BCUT2D eigenvalue weighted by Crippen LogP contribution is 2.33. The fraction of sp³-hybridized carbons (Fsp3) is 0.538. The zero-order valence-electron chi connectivity index (χ0n) is 11.2. The highest BCUT2D eigenvalue weighted by molar-refractivity contribution is 9.10. The summed E-state index contributed by atoms with van der Waals surface area (Å²) in [5.41, 5.74) is 0.269. The smallest absolute Gasteiger partial charge is 0.295 e. The van der Waals surface area contributed by atoms with Crippen molar-refractivity contribution in [2.45, 2.75) is 25.8 Å². The number of nitrogens with one attached hydrogen (secondary N) is 1. The van der Waals surface area contributed by atoms with Gasteiger partial charge in [0.15, 0.2) is 0 Å². The lowest BCUT2D eigenvalue weighted by Gasteiger charge is -2.26. The van der Waals surface area contributed by atoms with E-state index in [-0.39, 0.29) is 10.2 Å². The van der Waals surface area contributed by atoms with Crippen LogP contribution in [0.5, 0.6) is 0 Å². The molecule has 0 radical (unpaired) electrons. The molecule has 0 bridgehead atoms. The molecule has 0 saturated carbocycles. The van der Waals surface area contributed by atoms with Gasteiger partial charge in [-0.15, -0.1) is 0 Å².